The van der Waals surface area contributed by atoms with Crippen LogP contribution in [0.2, 0.25) is 0 Å². The first kappa shape index (κ1) is 13.0. The van der Waals surface area contributed by atoms with E-state index in [0.717, 1.165) is 20.8 Å². The van der Waals surface area contributed by atoms with Crippen molar-refractivity contribution in [2.75, 3.05) is 0 Å². The summed E-state index contributed by atoms with van der Waals surface area (Å²) in [6, 6.07) is 16.0. The number of nitrogens with zero attached hydrogens (tertiary/aromatic N) is 1. The van der Waals surface area contributed by atoms with Crippen LogP contribution in [-0.2, 0) is 6.42 Å². The second-order valence-corrected chi connectivity index (χ2v) is 5.55. The Balaban J connectivity index is 1.95. The summed E-state index contributed by atoms with van der Waals surface area (Å²) in [6.45, 7) is 0. The van der Waals surface area contributed by atoms with Crippen LogP contribution >= 0.6 is 15.9 Å². The lowest BCUT2D eigenvalue weighted by Crippen LogP contribution is -2.04. The van der Waals surface area contributed by atoms with Gasteiger partial charge >= 0.3 is 0 Å². The highest BCUT2D eigenvalue weighted by atomic mass is 79.9. The van der Waals surface area contributed by atoms with Gasteiger partial charge in [0.25, 0.3) is 0 Å². The maximum absolute atomic E-state index is 12.3. The second kappa shape index (κ2) is 5.55. The van der Waals surface area contributed by atoms with E-state index in [4.69, 9.17) is 0 Å². The molecule has 2 aromatic carbocycles. The molecule has 20 heavy (non-hydrogen) atoms. The Morgan fingerprint density at radius 1 is 1.05 bits per heavy atom. The number of halogens is 1. The SMILES string of the molecule is O=C(Cc1cccc2ccccc12)c1cncc(Br)c1. The van der Waals surface area contributed by atoms with Crippen LogP contribution in [0.5, 0.6) is 0 Å². The fourth-order valence-corrected chi connectivity index (χ4v) is 2.65. The Morgan fingerprint density at radius 2 is 1.85 bits per heavy atom. The lowest BCUT2D eigenvalue weighted by atomic mass is 9.98. The minimum absolute atomic E-state index is 0.0788. The number of rotatable bonds is 3. The summed E-state index contributed by atoms with van der Waals surface area (Å²) in [5, 5.41) is 2.29. The predicted octanol–water partition coefficient (Wildman–Crippen LogP) is 4.42. The molecule has 3 aromatic rings. The molecule has 3 rings (SSSR count). The zero-order valence-electron chi connectivity index (χ0n) is 10.7. The van der Waals surface area contributed by atoms with Gasteiger partial charge < -0.3 is 0 Å². The molecule has 0 aliphatic heterocycles. The van der Waals surface area contributed by atoms with Gasteiger partial charge in [0.1, 0.15) is 0 Å². The molecule has 0 amide bonds. The predicted molar refractivity (Wildman–Crippen MR) is 83.9 cm³/mol. The van der Waals surface area contributed by atoms with E-state index in [1.165, 1.54) is 0 Å². The zero-order valence-corrected chi connectivity index (χ0v) is 12.3. The molecule has 2 nitrogen and oxygen atoms in total. The van der Waals surface area contributed by atoms with E-state index in [9.17, 15) is 4.79 Å². The van der Waals surface area contributed by atoms with Crippen LogP contribution in [0.25, 0.3) is 10.8 Å². The van der Waals surface area contributed by atoms with Gasteiger partial charge in [0, 0.05) is 28.9 Å². The average Bonchev–Trinajstić information content (AvgIpc) is 2.47. The number of aromatic nitrogens is 1. The Morgan fingerprint density at radius 3 is 2.70 bits per heavy atom. The molecule has 0 saturated heterocycles. The minimum Gasteiger partial charge on any atom is -0.294 e. The van der Waals surface area contributed by atoms with Crippen molar-refractivity contribution in [2.24, 2.45) is 0 Å². The standard InChI is InChI=1S/C17H12BrNO/c18-15-8-14(10-19-11-15)17(20)9-13-6-3-5-12-4-1-2-7-16(12)13/h1-8,10-11H,9H2. The summed E-state index contributed by atoms with van der Waals surface area (Å²) < 4.78 is 0.821. The number of pyridine rings is 1. The zero-order chi connectivity index (χ0) is 13.9. The maximum Gasteiger partial charge on any atom is 0.168 e. The van der Waals surface area contributed by atoms with Crippen LogP contribution in [0.3, 0.4) is 0 Å². The van der Waals surface area contributed by atoms with Gasteiger partial charge in [-0.2, -0.15) is 0 Å². The molecule has 0 fully saturated rings. The first-order valence-electron chi connectivity index (χ1n) is 6.34. The first-order valence-corrected chi connectivity index (χ1v) is 7.14. The van der Waals surface area contributed by atoms with Gasteiger partial charge in [-0.25, -0.2) is 0 Å². The number of benzene rings is 2. The maximum atomic E-state index is 12.3. The Bertz CT molecular complexity index is 777. The number of hydrogen-bond acceptors (Lipinski definition) is 2. The van der Waals surface area contributed by atoms with Crippen LogP contribution in [0.15, 0.2) is 65.4 Å². The van der Waals surface area contributed by atoms with Crippen LogP contribution in [0.4, 0.5) is 0 Å². The summed E-state index contributed by atoms with van der Waals surface area (Å²) in [7, 11) is 0. The van der Waals surface area contributed by atoms with E-state index < -0.39 is 0 Å². The summed E-state index contributed by atoms with van der Waals surface area (Å²) in [6.07, 6.45) is 3.67. The van der Waals surface area contributed by atoms with Crippen molar-refractivity contribution >= 4 is 32.5 Å². The molecule has 0 aliphatic rings. The van der Waals surface area contributed by atoms with Crippen molar-refractivity contribution in [3.05, 3.63) is 76.5 Å². The highest BCUT2D eigenvalue weighted by Crippen LogP contribution is 2.20. The molecule has 1 heterocycles. The molecule has 0 aliphatic carbocycles. The summed E-state index contributed by atoms with van der Waals surface area (Å²) in [5.74, 6) is 0.0788. The number of fused-ring (bicyclic) bond motifs is 1. The van der Waals surface area contributed by atoms with E-state index in [-0.39, 0.29) is 5.78 Å². The third kappa shape index (κ3) is 2.63. The third-order valence-electron chi connectivity index (χ3n) is 3.26. The van der Waals surface area contributed by atoms with Crippen molar-refractivity contribution < 1.29 is 4.79 Å². The molecule has 1 aromatic heterocycles. The van der Waals surface area contributed by atoms with Crippen LogP contribution in [0.1, 0.15) is 15.9 Å². The van der Waals surface area contributed by atoms with Gasteiger partial charge in [0.2, 0.25) is 0 Å². The Labute approximate surface area is 125 Å². The number of Topliss-reactive ketones (excluding diaryl/α,β-unsaturated/α-hetero) is 1. The monoisotopic (exact) mass is 325 g/mol. The lowest BCUT2D eigenvalue weighted by molar-refractivity contribution is 0.0993. The van der Waals surface area contributed by atoms with Gasteiger partial charge in [-0.15, -0.1) is 0 Å². The van der Waals surface area contributed by atoms with E-state index in [0.29, 0.717) is 12.0 Å². The van der Waals surface area contributed by atoms with Crippen molar-refractivity contribution in [1.82, 2.24) is 4.98 Å². The van der Waals surface area contributed by atoms with Gasteiger partial charge in [-0.05, 0) is 38.3 Å². The molecule has 0 atom stereocenters. The van der Waals surface area contributed by atoms with Crippen LogP contribution in [-0.4, -0.2) is 10.8 Å². The number of carbonyl (C=O) groups is 1. The van der Waals surface area contributed by atoms with Crippen LogP contribution < -0.4 is 0 Å². The topological polar surface area (TPSA) is 30.0 Å². The molecule has 0 saturated carbocycles. The van der Waals surface area contributed by atoms with Crippen LogP contribution in [0, 0.1) is 0 Å². The molecule has 0 N–H and O–H groups in total. The second-order valence-electron chi connectivity index (χ2n) is 4.63. The van der Waals surface area contributed by atoms with Gasteiger partial charge in [-0.3, -0.25) is 9.78 Å². The molecule has 0 bridgehead atoms. The summed E-state index contributed by atoms with van der Waals surface area (Å²) >= 11 is 3.34. The fraction of sp³-hybridized carbons (Fsp3) is 0.0588. The average molecular weight is 326 g/mol. The smallest absolute Gasteiger partial charge is 0.168 e. The van der Waals surface area contributed by atoms with Gasteiger partial charge in [-0.1, -0.05) is 42.5 Å². The van der Waals surface area contributed by atoms with E-state index in [2.05, 4.69) is 39.1 Å². The van der Waals surface area contributed by atoms with E-state index in [1.807, 2.05) is 24.3 Å². The lowest BCUT2D eigenvalue weighted by Gasteiger charge is -2.06. The molecule has 0 unspecified atom stereocenters. The first-order chi connectivity index (χ1) is 9.74. The molecule has 0 radical (unpaired) electrons. The van der Waals surface area contributed by atoms with Crippen molar-refractivity contribution in [1.29, 1.82) is 0 Å². The van der Waals surface area contributed by atoms with Crippen molar-refractivity contribution in [3.63, 3.8) is 0 Å². The molecular formula is C17H12BrNO. The van der Waals surface area contributed by atoms with Gasteiger partial charge in [0.15, 0.2) is 5.78 Å². The number of hydrogen-bond donors (Lipinski definition) is 0. The largest absolute Gasteiger partial charge is 0.294 e. The highest BCUT2D eigenvalue weighted by molar-refractivity contribution is 9.10. The normalized spacial score (nSPS) is 10.7. The quantitative estimate of drug-likeness (QED) is 0.667. The molecule has 3 heteroatoms. The summed E-state index contributed by atoms with van der Waals surface area (Å²) in [4.78, 5) is 16.4. The summed E-state index contributed by atoms with van der Waals surface area (Å²) in [5.41, 5.74) is 1.68. The Kier molecular flexibility index (Phi) is 3.61. The fourth-order valence-electron chi connectivity index (χ4n) is 2.29. The third-order valence-corrected chi connectivity index (χ3v) is 3.69. The highest BCUT2D eigenvalue weighted by Gasteiger charge is 2.10. The minimum atomic E-state index is 0.0788. The number of carbonyl (C=O) groups excluding carboxylic acids is 1. The van der Waals surface area contributed by atoms with Gasteiger partial charge in [0.05, 0.1) is 0 Å². The van der Waals surface area contributed by atoms with Crippen molar-refractivity contribution in [3.8, 4) is 0 Å². The van der Waals surface area contributed by atoms with Crippen molar-refractivity contribution in [2.45, 2.75) is 6.42 Å². The van der Waals surface area contributed by atoms with E-state index >= 15 is 0 Å². The number of ketones is 1. The molecule has 98 valence electrons. The van der Waals surface area contributed by atoms with E-state index in [1.54, 1.807) is 18.5 Å². The Hall–Kier alpha value is -2.00. The molecular weight excluding hydrogens is 314 g/mol. The molecule has 0 spiro atoms.